The highest BCUT2D eigenvalue weighted by Gasteiger charge is 2.25. The third-order valence-corrected chi connectivity index (χ3v) is 4.71. The number of hydrogen-bond donors (Lipinski definition) is 1. The van der Waals surface area contributed by atoms with Crippen molar-refractivity contribution >= 4 is 15.9 Å². The molecule has 1 N–H and O–H groups in total. The largest absolute Gasteiger partial charge is 0.388 e. The second-order valence-electron chi connectivity index (χ2n) is 5.20. The Morgan fingerprint density at radius 1 is 1.24 bits per heavy atom. The van der Waals surface area contributed by atoms with Crippen LogP contribution in [0.25, 0.3) is 0 Å². The molecule has 0 saturated heterocycles. The Bertz CT molecular complexity index is 644. The van der Waals surface area contributed by atoms with E-state index in [9.17, 15) is 9.50 Å². The van der Waals surface area contributed by atoms with Gasteiger partial charge in [-0.25, -0.2) is 4.39 Å². The lowest BCUT2D eigenvalue weighted by molar-refractivity contribution is 0.00354. The van der Waals surface area contributed by atoms with Gasteiger partial charge in [0, 0.05) is 6.42 Å². The predicted octanol–water partition coefficient (Wildman–Crippen LogP) is 4.33. The minimum Gasteiger partial charge on any atom is -0.388 e. The van der Waals surface area contributed by atoms with Crippen LogP contribution in [0, 0.1) is 5.82 Å². The maximum Gasteiger partial charge on any atom is 0.137 e. The van der Waals surface area contributed by atoms with Crippen molar-refractivity contribution in [1.29, 1.82) is 0 Å². The van der Waals surface area contributed by atoms with Crippen LogP contribution in [0.1, 0.15) is 35.3 Å². The summed E-state index contributed by atoms with van der Waals surface area (Å²) in [6, 6.07) is 12.8. The number of halogens is 2. The summed E-state index contributed by atoms with van der Waals surface area (Å²) in [4.78, 5) is 0. The van der Waals surface area contributed by atoms with Crippen molar-refractivity contribution in [2.24, 2.45) is 0 Å². The Kier molecular flexibility index (Phi) is 4.38. The van der Waals surface area contributed by atoms with Crippen molar-refractivity contribution in [3.8, 4) is 0 Å². The fourth-order valence-electron chi connectivity index (χ4n) is 2.78. The Labute approximate surface area is 131 Å². The molecule has 0 aromatic heterocycles. The molecule has 2 aromatic rings. The third kappa shape index (κ3) is 3.03. The molecule has 1 aliphatic heterocycles. The van der Waals surface area contributed by atoms with Gasteiger partial charge in [0.2, 0.25) is 0 Å². The monoisotopic (exact) mass is 350 g/mol. The standard InChI is InChI=1S/C17H16BrFO2/c18-17-13(6-3-7-14(17)19)15(20)10-16-12-5-2-1-4-11(12)8-9-21-16/h1-7,15-16,20H,8-10H2. The molecule has 21 heavy (non-hydrogen) atoms. The van der Waals surface area contributed by atoms with E-state index in [1.807, 2.05) is 18.2 Å². The van der Waals surface area contributed by atoms with Gasteiger partial charge in [0.25, 0.3) is 0 Å². The molecule has 1 heterocycles. The number of aliphatic hydroxyl groups excluding tert-OH is 1. The summed E-state index contributed by atoms with van der Waals surface area (Å²) in [6.07, 6.45) is 0.386. The number of aliphatic hydroxyl groups is 1. The van der Waals surface area contributed by atoms with Crippen LogP contribution in [-0.4, -0.2) is 11.7 Å². The van der Waals surface area contributed by atoms with Crippen LogP contribution in [0.2, 0.25) is 0 Å². The molecule has 2 atom stereocenters. The van der Waals surface area contributed by atoms with E-state index in [0.717, 1.165) is 12.0 Å². The van der Waals surface area contributed by atoms with Crippen molar-refractivity contribution in [3.05, 3.63) is 69.4 Å². The Morgan fingerprint density at radius 3 is 2.90 bits per heavy atom. The zero-order chi connectivity index (χ0) is 14.8. The van der Waals surface area contributed by atoms with E-state index in [1.54, 1.807) is 12.1 Å². The molecule has 0 bridgehead atoms. The van der Waals surface area contributed by atoms with Crippen LogP contribution in [0.4, 0.5) is 4.39 Å². The highest BCUT2D eigenvalue weighted by atomic mass is 79.9. The normalized spacial score (nSPS) is 19.1. The molecule has 0 spiro atoms. The average molecular weight is 351 g/mol. The highest BCUT2D eigenvalue weighted by Crippen LogP contribution is 2.36. The van der Waals surface area contributed by atoms with E-state index < -0.39 is 6.10 Å². The van der Waals surface area contributed by atoms with Gasteiger partial charge in [-0.1, -0.05) is 36.4 Å². The lowest BCUT2D eigenvalue weighted by Gasteiger charge is -2.28. The summed E-state index contributed by atoms with van der Waals surface area (Å²) in [6.45, 7) is 0.652. The number of rotatable bonds is 3. The molecule has 0 fully saturated rings. The number of benzene rings is 2. The van der Waals surface area contributed by atoms with Crippen LogP contribution in [0.3, 0.4) is 0 Å². The summed E-state index contributed by atoms with van der Waals surface area (Å²) < 4.78 is 19.7. The Hall–Kier alpha value is -1.23. The maximum absolute atomic E-state index is 13.6. The van der Waals surface area contributed by atoms with Crippen LogP contribution in [0.15, 0.2) is 46.9 Å². The molecule has 3 rings (SSSR count). The quantitative estimate of drug-likeness (QED) is 0.892. The SMILES string of the molecule is OC(CC1OCCc2ccccc21)c1cccc(F)c1Br. The van der Waals surface area contributed by atoms with Crippen molar-refractivity contribution in [3.63, 3.8) is 0 Å². The number of hydrogen-bond acceptors (Lipinski definition) is 2. The fraction of sp³-hybridized carbons (Fsp3) is 0.294. The minimum absolute atomic E-state index is 0.153. The molecule has 0 radical (unpaired) electrons. The second kappa shape index (κ2) is 6.26. The molecule has 1 aliphatic rings. The van der Waals surface area contributed by atoms with Crippen molar-refractivity contribution in [1.82, 2.24) is 0 Å². The first kappa shape index (κ1) is 14.7. The average Bonchev–Trinajstić information content (AvgIpc) is 2.50. The van der Waals surface area contributed by atoms with Gasteiger partial charge < -0.3 is 9.84 Å². The van der Waals surface area contributed by atoms with Crippen molar-refractivity contribution in [2.45, 2.75) is 25.0 Å². The molecular formula is C17H16BrFO2. The molecule has 110 valence electrons. The first-order valence-corrected chi connectivity index (χ1v) is 7.77. The first-order chi connectivity index (χ1) is 10.2. The minimum atomic E-state index is -0.772. The molecule has 4 heteroatoms. The topological polar surface area (TPSA) is 29.5 Å². The lowest BCUT2D eigenvalue weighted by Crippen LogP contribution is -2.18. The van der Waals surface area contributed by atoms with Crippen molar-refractivity contribution < 1.29 is 14.2 Å². The zero-order valence-corrected chi connectivity index (χ0v) is 13.0. The molecule has 0 aliphatic carbocycles. The van der Waals surface area contributed by atoms with Crippen LogP contribution in [0.5, 0.6) is 0 Å². The van der Waals surface area contributed by atoms with Crippen LogP contribution in [-0.2, 0) is 11.2 Å². The predicted molar refractivity (Wildman–Crippen MR) is 82.5 cm³/mol. The van der Waals surface area contributed by atoms with Crippen LogP contribution >= 0.6 is 15.9 Å². The molecule has 0 amide bonds. The first-order valence-electron chi connectivity index (χ1n) is 6.98. The Morgan fingerprint density at radius 2 is 2.05 bits per heavy atom. The zero-order valence-electron chi connectivity index (χ0n) is 11.4. The second-order valence-corrected chi connectivity index (χ2v) is 6.00. The Balaban J connectivity index is 1.83. The third-order valence-electron chi connectivity index (χ3n) is 3.87. The summed E-state index contributed by atoms with van der Waals surface area (Å²) >= 11 is 3.20. The molecule has 2 nitrogen and oxygen atoms in total. The summed E-state index contributed by atoms with van der Waals surface area (Å²) in [5, 5.41) is 10.4. The van der Waals surface area contributed by atoms with Gasteiger partial charge >= 0.3 is 0 Å². The lowest BCUT2D eigenvalue weighted by atomic mass is 9.92. The maximum atomic E-state index is 13.6. The van der Waals surface area contributed by atoms with Gasteiger partial charge in [-0.05, 0) is 45.1 Å². The van der Waals surface area contributed by atoms with E-state index in [2.05, 4.69) is 22.0 Å². The smallest absolute Gasteiger partial charge is 0.137 e. The summed E-state index contributed by atoms with van der Waals surface area (Å²) in [7, 11) is 0. The molecule has 2 aromatic carbocycles. The fourth-order valence-corrected chi connectivity index (χ4v) is 3.31. The van der Waals surface area contributed by atoms with E-state index >= 15 is 0 Å². The van der Waals surface area contributed by atoms with Gasteiger partial charge in [-0.3, -0.25) is 0 Å². The molecule has 2 unspecified atom stereocenters. The van der Waals surface area contributed by atoms with Gasteiger partial charge in [0.05, 0.1) is 23.3 Å². The van der Waals surface area contributed by atoms with Gasteiger partial charge in [0.15, 0.2) is 0 Å². The highest BCUT2D eigenvalue weighted by molar-refractivity contribution is 9.10. The van der Waals surface area contributed by atoms with E-state index in [-0.39, 0.29) is 11.9 Å². The van der Waals surface area contributed by atoms with E-state index in [1.165, 1.54) is 11.6 Å². The van der Waals surface area contributed by atoms with Gasteiger partial charge in [-0.2, -0.15) is 0 Å². The van der Waals surface area contributed by atoms with Gasteiger partial charge in [-0.15, -0.1) is 0 Å². The summed E-state index contributed by atoms with van der Waals surface area (Å²) in [5.41, 5.74) is 2.94. The van der Waals surface area contributed by atoms with Gasteiger partial charge in [0.1, 0.15) is 5.82 Å². The number of ether oxygens (including phenoxy) is 1. The number of fused-ring (bicyclic) bond motifs is 1. The van der Waals surface area contributed by atoms with Crippen LogP contribution < -0.4 is 0 Å². The van der Waals surface area contributed by atoms with E-state index in [0.29, 0.717) is 23.1 Å². The summed E-state index contributed by atoms with van der Waals surface area (Å²) in [5.74, 6) is -0.364. The molecular weight excluding hydrogens is 335 g/mol. The molecule has 0 saturated carbocycles. The van der Waals surface area contributed by atoms with Crippen molar-refractivity contribution in [2.75, 3.05) is 6.61 Å². The van der Waals surface area contributed by atoms with E-state index in [4.69, 9.17) is 4.74 Å².